The van der Waals surface area contributed by atoms with E-state index in [1.54, 1.807) is 12.1 Å². The van der Waals surface area contributed by atoms with E-state index < -0.39 is 0 Å². The zero-order chi connectivity index (χ0) is 17.4. The molecule has 128 valence electrons. The highest BCUT2D eigenvalue weighted by Crippen LogP contribution is 2.48. The lowest BCUT2D eigenvalue weighted by atomic mass is 10.3. The van der Waals surface area contributed by atoms with E-state index >= 15 is 0 Å². The van der Waals surface area contributed by atoms with Gasteiger partial charge in [0.2, 0.25) is 0 Å². The number of hydrogen-bond acceptors (Lipinski definition) is 3. The molecule has 0 aliphatic heterocycles. The van der Waals surface area contributed by atoms with Crippen molar-refractivity contribution in [1.29, 1.82) is 0 Å². The normalized spacial score (nSPS) is 13.9. The van der Waals surface area contributed by atoms with Gasteiger partial charge in [-0.1, -0.05) is 58.0 Å². The molecule has 1 aliphatic rings. The van der Waals surface area contributed by atoms with Crippen molar-refractivity contribution >= 4 is 63.9 Å². The molecule has 1 amide bonds. The van der Waals surface area contributed by atoms with Gasteiger partial charge >= 0.3 is 0 Å². The summed E-state index contributed by atoms with van der Waals surface area (Å²) < 4.78 is 11.0. The molecule has 1 heterocycles. The molecule has 1 aliphatic carbocycles. The SMILES string of the molecule is O=C(NC1CC1)c1ccc(COc2c(Cl)c(Cl)c(Cl)c(Cl)c2Cl)o1. The van der Waals surface area contributed by atoms with Crippen molar-refractivity contribution in [3.05, 3.63) is 48.8 Å². The topological polar surface area (TPSA) is 51.5 Å². The third kappa shape index (κ3) is 3.73. The highest BCUT2D eigenvalue weighted by atomic mass is 35.5. The number of carbonyl (C=O) groups excluding carboxylic acids is 1. The monoisotopic (exact) mass is 427 g/mol. The maximum Gasteiger partial charge on any atom is 0.287 e. The fourth-order valence-electron chi connectivity index (χ4n) is 1.92. The van der Waals surface area contributed by atoms with Gasteiger partial charge in [0, 0.05) is 6.04 Å². The summed E-state index contributed by atoms with van der Waals surface area (Å²) in [6.07, 6.45) is 2.00. The van der Waals surface area contributed by atoms with E-state index in [0.717, 1.165) is 12.8 Å². The predicted octanol–water partition coefficient (Wildman–Crippen LogP) is 6.02. The van der Waals surface area contributed by atoms with Gasteiger partial charge in [0.1, 0.15) is 22.4 Å². The first-order valence-electron chi connectivity index (χ1n) is 6.92. The van der Waals surface area contributed by atoms with Crippen molar-refractivity contribution in [1.82, 2.24) is 5.32 Å². The summed E-state index contributed by atoms with van der Waals surface area (Å²) in [5, 5.41) is 3.08. The van der Waals surface area contributed by atoms with Crippen LogP contribution in [0.15, 0.2) is 16.5 Å². The molecule has 1 aromatic carbocycles. The van der Waals surface area contributed by atoms with Gasteiger partial charge in [-0.3, -0.25) is 4.79 Å². The molecular weight excluding hydrogens is 419 g/mol. The van der Waals surface area contributed by atoms with E-state index in [0.29, 0.717) is 5.76 Å². The Labute approximate surface area is 162 Å². The summed E-state index contributed by atoms with van der Waals surface area (Å²) in [7, 11) is 0. The van der Waals surface area contributed by atoms with Crippen LogP contribution in [0.4, 0.5) is 0 Å². The zero-order valence-corrected chi connectivity index (χ0v) is 15.7. The van der Waals surface area contributed by atoms with Gasteiger partial charge in [0.15, 0.2) is 11.5 Å². The summed E-state index contributed by atoms with van der Waals surface area (Å²) in [6, 6.07) is 3.45. The third-order valence-electron chi connectivity index (χ3n) is 3.33. The Morgan fingerprint density at radius 3 is 2.21 bits per heavy atom. The first-order chi connectivity index (χ1) is 11.4. The Morgan fingerprint density at radius 2 is 1.62 bits per heavy atom. The Kier molecular flexibility index (Phi) is 5.42. The van der Waals surface area contributed by atoms with E-state index in [9.17, 15) is 4.79 Å². The molecule has 0 unspecified atom stereocenters. The van der Waals surface area contributed by atoms with E-state index in [4.69, 9.17) is 67.2 Å². The number of benzene rings is 1. The van der Waals surface area contributed by atoms with Gasteiger partial charge in [-0.05, 0) is 25.0 Å². The number of carbonyl (C=O) groups is 1. The molecule has 1 N–H and O–H groups in total. The molecule has 0 bridgehead atoms. The average Bonchev–Trinajstić information content (AvgIpc) is 3.25. The fourth-order valence-corrected chi connectivity index (χ4v) is 3.15. The van der Waals surface area contributed by atoms with Crippen molar-refractivity contribution in [2.24, 2.45) is 0 Å². The number of amides is 1. The van der Waals surface area contributed by atoms with Crippen molar-refractivity contribution in [3.8, 4) is 5.75 Å². The first kappa shape index (κ1) is 18.0. The second-order valence-electron chi connectivity index (χ2n) is 5.20. The lowest BCUT2D eigenvalue weighted by Gasteiger charge is -2.12. The number of ether oxygens (including phenoxy) is 1. The molecule has 1 aromatic heterocycles. The number of halogens is 5. The second-order valence-corrected chi connectivity index (χ2v) is 7.09. The first-order valence-corrected chi connectivity index (χ1v) is 8.81. The van der Waals surface area contributed by atoms with Crippen LogP contribution in [0, 0.1) is 0 Å². The highest BCUT2D eigenvalue weighted by Gasteiger charge is 2.25. The Balaban J connectivity index is 1.72. The van der Waals surface area contributed by atoms with Crippen molar-refractivity contribution in [2.75, 3.05) is 0 Å². The molecular formula is C15H10Cl5NO3. The molecule has 0 spiro atoms. The van der Waals surface area contributed by atoms with Crippen molar-refractivity contribution in [2.45, 2.75) is 25.5 Å². The summed E-state index contributed by atoms with van der Waals surface area (Å²) in [5.74, 6) is 0.477. The molecule has 4 nitrogen and oxygen atoms in total. The van der Waals surface area contributed by atoms with E-state index in [-0.39, 0.29) is 55.2 Å². The van der Waals surface area contributed by atoms with Crippen molar-refractivity contribution in [3.63, 3.8) is 0 Å². The predicted molar refractivity (Wildman–Crippen MR) is 95.0 cm³/mol. The minimum Gasteiger partial charge on any atom is -0.482 e. The Morgan fingerprint density at radius 1 is 1.04 bits per heavy atom. The maximum absolute atomic E-state index is 11.9. The number of rotatable bonds is 5. The quantitative estimate of drug-likeness (QED) is 0.467. The van der Waals surface area contributed by atoms with E-state index in [1.807, 2.05) is 0 Å². The van der Waals surface area contributed by atoms with Crippen LogP contribution in [0.3, 0.4) is 0 Å². The number of nitrogens with one attached hydrogen (secondary N) is 1. The van der Waals surface area contributed by atoms with Gasteiger partial charge in [-0.15, -0.1) is 0 Å². The summed E-state index contributed by atoms with van der Waals surface area (Å²) in [4.78, 5) is 11.9. The van der Waals surface area contributed by atoms with Crippen LogP contribution in [-0.2, 0) is 6.61 Å². The highest BCUT2D eigenvalue weighted by molar-refractivity contribution is 6.55. The molecule has 3 rings (SSSR count). The molecule has 0 saturated heterocycles. The molecule has 9 heteroatoms. The summed E-state index contributed by atoms with van der Waals surface area (Å²) in [6.45, 7) is -0.00949. The molecule has 1 saturated carbocycles. The summed E-state index contributed by atoms with van der Waals surface area (Å²) >= 11 is 30.0. The van der Waals surface area contributed by atoms with Crippen LogP contribution in [0.2, 0.25) is 25.1 Å². The van der Waals surface area contributed by atoms with Gasteiger partial charge in [0.25, 0.3) is 5.91 Å². The molecule has 0 radical (unpaired) electrons. The maximum atomic E-state index is 11.9. The van der Waals surface area contributed by atoms with Gasteiger partial charge in [0.05, 0.1) is 15.1 Å². The van der Waals surface area contributed by atoms with E-state index in [2.05, 4.69) is 5.32 Å². The van der Waals surface area contributed by atoms with Crippen LogP contribution >= 0.6 is 58.0 Å². The molecule has 1 fully saturated rings. The van der Waals surface area contributed by atoms with Crippen LogP contribution in [-0.4, -0.2) is 11.9 Å². The minimum atomic E-state index is -0.252. The van der Waals surface area contributed by atoms with Gasteiger partial charge in [-0.2, -0.15) is 0 Å². The molecule has 0 atom stereocenters. The van der Waals surface area contributed by atoms with Crippen LogP contribution < -0.4 is 10.1 Å². The third-order valence-corrected chi connectivity index (χ3v) is 5.57. The summed E-state index contributed by atoms with van der Waals surface area (Å²) in [5.41, 5.74) is 0. The standard InChI is InChI=1S/C15H10Cl5NO3/c16-9-10(17)12(19)14(13(20)11(9)18)23-5-7-3-4-8(24-7)15(22)21-6-1-2-6/h3-4,6H,1-2,5H2,(H,21,22). The van der Waals surface area contributed by atoms with Crippen LogP contribution in [0.25, 0.3) is 0 Å². The lowest BCUT2D eigenvalue weighted by Crippen LogP contribution is -2.24. The van der Waals surface area contributed by atoms with Gasteiger partial charge in [-0.25, -0.2) is 0 Å². The Bertz CT molecular complexity index is 772. The van der Waals surface area contributed by atoms with Crippen LogP contribution in [0.1, 0.15) is 29.2 Å². The van der Waals surface area contributed by atoms with Crippen molar-refractivity contribution < 1.29 is 13.9 Å². The average molecular weight is 430 g/mol. The lowest BCUT2D eigenvalue weighted by molar-refractivity contribution is 0.0919. The van der Waals surface area contributed by atoms with Gasteiger partial charge < -0.3 is 14.5 Å². The Hall–Kier alpha value is -0.780. The van der Waals surface area contributed by atoms with E-state index in [1.165, 1.54) is 0 Å². The molecule has 24 heavy (non-hydrogen) atoms. The molecule has 2 aromatic rings. The van der Waals surface area contributed by atoms with Crippen LogP contribution in [0.5, 0.6) is 5.75 Å². The number of hydrogen-bond donors (Lipinski definition) is 1. The second kappa shape index (κ2) is 7.22. The smallest absolute Gasteiger partial charge is 0.287 e. The zero-order valence-electron chi connectivity index (χ0n) is 12.0. The fraction of sp³-hybridized carbons (Fsp3) is 0.267. The minimum absolute atomic E-state index is 0.00949. The number of furan rings is 1. The largest absolute Gasteiger partial charge is 0.482 e.